The molecule has 1 aromatic carbocycles. The molecule has 2 rings (SSSR count). The summed E-state index contributed by atoms with van der Waals surface area (Å²) in [5, 5.41) is 3.53. The second-order valence-corrected chi connectivity index (χ2v) is 6.05. The van der Waals surface area contributed by atoms with Gasteiger partial charge in [0.25, 0.3) is 0 Å². The van der Waals surface area contributed by atoms with Crippen LogP contribution in [0.4, 0.5) is 0 Å². The highest BCUT2D eigenvalue weighted by atomic mass is 127. The van der Waals surface area contributed by atoms with Gasteiger partial charge in [-0.25, -0.2) is 0 Å². The molecule has 4 nitrogen and oxygen atoms in total. The molecule has 130 valence electrons. The van der Waals surface area contributed by atoms with Crippen molar-refractivity contribution < 1.29 is 4.74 Å². The van der Waals surface area contributed by atoms with Crippen molar-refractivity contribution in [2.75, 3.05) is 40.4 Å². The zero-order valence-electron chi connectivity index (χ0n) is 14.5. The van der Waals surface area contributed by atoms with Crippen LogP contribution in [-0.2, 0) is 4.74 Å². The third-order valence-corrected chi connectivity index (χ3v) is 4.40. The number of rotatable bonds is 6. The summed E-state index contributed by atoms with van der Waals surface area (Å²) in [5.74, 6) is 2.11. The van der Waals surface area contributed by atoms with Crippen LogP contribution < -0.4 is 5.32 Å². The Bertz CT molecular complexity index is 461. The highest BCUT2D eigenvalue weighted by Gasteiger charge is 2.19. The highest BCUT2D eigenvalue weighted by Crippen LogP contribution is 2.18. The van der Waals surface area contributed by atoms with Gasteiger partial charge in [0.1, 0.15) is 0 Å². The summed E-state index contributed by atoms with van der Waals surface area (Å²) in [7, 11) is 3.96. The molecular weight excluding hydrogens is 401 g/mol. The summed E-state index contributed by atoms with van der Waals surface area (Å²) < 4.78 is 5.46. The summed E-state index contributed by atoms with van der Waals surface area (Å²) in [6.07, 6.45) is 2.27. The van der Waals surface area contributed by atoms with Crippen LogP contribution in [0.5, 0.6) is 0 Å². The molecule has 0 radical (unpaired) electrons. The van der Waals surface area contributed by atoms with Crippen molar-refractivity contribution in [3.63, 3.8) is 0 Å². The molecule has 1 aliphatic rings. The van der Waals surface area contributed by atoms with Gasteiger partial charge in [0.05, 0.1) is 6.61 Å². The van der Waals surface area contributed by atoms with Crippen LogP contribution in [0.1, 0.15) is 31.2 Å². The number of halogens is 1. The predicted molar refractivity (Wildman–Crippen MR) is 108 cm³/mol. The lowest BCUT2D eigenvalue weighted by Crippen LogP contribution is -2.42. The maximum atomic E-state index is 5.46. The molecule has 0 spiro atoms. The van der Waals surface area contributed by atoms with E-state index in [2.05, 4.69) is 59.5 Å². The predicted octanol–water partition coefficient (Wildman–Crippen LogP) is 3.34. The lowest BCUT2D eigenvalue weighted by molar-refractivity contribution is 0.181. The quantitative estimate of drug-likeness (QED) is 0.427. The second-order valence-electron chi connectivity index (χ2n) is 6.05. The van der Waals surface area contributed by atoms with Crippen LogP contribution >= 0.6 is 24.0 Å². The van der Waals surface area contributed by atoms with Crippen molar-refractivity contribution in [1.82, 2.24) is 10.2 Å². The molecule has 1 fully saturated rings. The zero-order chi connectivity index (χ0) is 15.8. The van der Waals surface area contributed by atoms with E-state index in [9.17, 15) is 0 Å². The molecule has 1 aliphatic heterocycles. The van der Waals surface area contributed by atoms with E-state index in [0.29, 0.717) is 11.8 Å². The van der Waals surface area contributed by atoms with E-state index in [4.69, 9.17) is 4.74 Å². The normalized spacial score (nSPS) is 19.1. The fourth-order valence-corrected chi connectivity index (χ4v) is 3.02. The van der Waals surface area contributed by atoms with Gasteiger partial charge in [0.2, 0.25) is 0 Å². The Morgan fingerprint density at radius 1 is 1.39 bits per heavy atom. The Morgan fingerprint density at radius 2 is 2.13 bits per heavy atom. The average molecular weight is 431 g/mol. The monoisotopic (exact) mass is 431 g/mol. The average Bonchev–Trinajstić information content (AvgIpc) is 3.05. The summed E-state index contributed by atoms with van der Waals surface area (Å²) >= 11 is 0. The standard InChI is InChI=1S/C18H29N3O.HI/c1-4-16(17-8-6-5-7-9-17)12-20-18(19-2)21(3)13-15-10-11-22-14-15;/h5-9,15-16H,4,10-14H2,1-3H3,(H,19,20);1H. The van der Waals surface area contributed by atoms with Crippen LogP contribution in [0, 0.1) is 5.92 Å². The minimum Gasteiger partial charge on any atom is -0.381 e. The largest absolute Gasteiger partial charge is 0.381 e. The Kier molecular flexibility index (Phi) is 9.55. The minimum absolute atomic E-state index is 0. The van der Waals surface area contributed by atoms with Crippen LogP contribution in [-0.4, -0.2) is 51.3 Å². The second kappa shape index (κ2) is 10.9. The first-order chi connectivity index (χ1) is 10.7. The van der Waals surface area contributed by atoms with Crippen molar-refractivity contribution in [3.8, 4) is 0 Å². The van der Waals surface area contributed by atoms with Crippen molar-refractivity contribution in [3.05, 3.63) is 35.9 Å². The van der Waals surface area contributed by atoms with Gasteiger partial charge in [-0.05, 0) is 18.4 Å². The Morgan fingerprint density at radius 3 is 2.70 bits per heavy atom. The molecule has 0 saturated carbocycles. The van der Waals surface area contributed by atoms with Gasteiger partial charge < -0.3 is 15.0 Å². The lowest BCUT2D eigenvalue weighted by atomic mass is 9.96. The van der Waals surface area contributed by atoms with E-state index < -0.39 is 0 Å². The Hall–Kier alpha value is -0.820. The zero-order valence-corrected chi connectivity index (χ0v) is 16.8. The van der Waals surface area contributed by atoms with E-state index in [-0.39, 0.29) is 24.0 Å². The number of aliphatic imine (C=N–C) groups is 1. The van der Waals surface area contributed by atoms with Crippen LogP contribution in [0.3, 0.4) is 0 Å². The first kappa shape index (κ1) is 20.2. The number of nitrogens with zero attached hydrogens (tertiary/aromatic N) is 2. The van der Waals surface area contributed by atoms with Gasteiger partial charge in [-0.15, -0.1) is 24.0 Å². The molecule has 0 aromatic heterocycles. The highest BCUT2D eigenvalue weighted by molar-refractivity contribution is 14.0. The molecule has 2 unspecified atom stereocenters. The van der Waals surface area contributed by atoms with E-state index >= 15 is 0 Å². The maximum Gasteiger partial charge on any atom is 0.193 e. The van der Waals surface area contributed by atoms with E-state index in [1.807, 2.05) is 7.05 Å². The van der Waals surface area contributed by atoms with Gasteiger partial charge in [-0.3, -0.25) is 4.99 Å². The fraction of sp³-hybridized carbons (Fsp3) is 0.611. The van der Waals surface area contributed by atoms with Crippen molar-refractivity contribution in [2.24, 2.45) is 10.9 Å². The van der Waals surface area contributed by atoms with Gasteiger partial charge in [0.15, 0.2) is 5.96 Å². The molecule has 0 amide bonds. The van der Waals surface area contributed by atoms with E-state index in [1.165, 1.54) is 5.56 Å². The topological polar surface area (TPSA) is 36.9 Å². The molecule has 5 heteroatoms. The number of benzene rings is 1. The molecule has 1 heterocycles. The van der Waals surface area contributed by atoms with Crippen molar-refractivity contribution >= 4 is 29.9 Å². The molecule has 23 heavy (non-hydrogen) atoms. The van der Waals surface area contributed by atoms with Crippen LogP contribution in [0.25, 0.3) is 0 Å². The van der Waals surface area contributed by atoms with E-state index in [0.717, 1.165) is 45.1 Å². The number of hydrogen-bond acceptors (Lipinski definition) is 2. The maximum absolute atomic E-state index is 5.46. The van der Waals surface area contributed by atoms with Gasteiger partial charge in [-0.2, -0.15) is 0 Å². The summed E-state index contributed by atoms with van der Waals surface area (Å²) in [6, 6.07) is 10.7. The van der Waals surface area contributed by atoms with Crippen molar-refractivity contribution in [2.45, 2.75) is 25.7 Å². The number of guanidine groups is 1. The van der Waals surface area contributed by atoms with Crippen molar-refractivity contribution in [1.29, 1.82) is 0 Å². The molecule has 2 atom stereocenters. The number of hydrogen-bond donors (Lipinski definition) is 1. The summed E-state index contributed by atoms with van der Waals surface area (Å²) in [5.41, 5.74) is 1.39. The number of ether oxygens (including phenoxy) is 1. The third kappa shape index (κ3) is 6.30. The van der Waals surface area contributed by atoms with Crippen LogP contribution in [0.15, 0.2) is 35.3 Å². The first-order valence-electron chi connectivity index (χ1n) is 8.29. The Balaban J connectivity index is 0.00000264. The number of nitrogens with one attached hydrogen (secondary N) is 1. The van der Waals surface area contributed by atoms with Gasteiger partial charge in [0, 0.05) is 45.6 Å². The third-order valence-electron chi connectivity index (χ3n) is 4.40. The fourth-order valence-electron chi connectivity index (χ4n) is 3.02. The molecule has 0 bridgehead atoms. The van der Waals surface area contributed by atoms with Crippen LogP contribution in [0.2, 0.25) is 0 Å². The Labute approximate surface area is 157 Å². The molecule has 1 N–H and O–H groups in total. The minimum atomic E-state index is 0. The molecule has 1 saturated heterocycles. The van der Waals surface area contributed by atoms with Gasteiger partial charge >= 0.3 is 0 Å². The van der Waals surface area contributed by atoms with E-state index in [1.54, 1.807) is 0 Å². The summed E-state index contributed by atoms with van der Waals surface area (Å²) in [4.78, 5) is 6.64. The summed E-state index contributed by atoms with van der Waals surface area (Å²) in [6.45, 7) is 5.93. The lowest BCUT2D eigenvalue weighted by Gasteiger charge is -2.26. The van der Waals surface area contributed by atoms with Gasteiger partial charge in [-0.1, -0.05) is 37.3 Å². The first-order valence-corrected chi connectivity index (χ1v) is 8.29. The molecule has 1 aromatic rings. The molecular formula is C18H30IN3O. The SMILES string of the molecule is CCC(CNC(=NC)N(C)CC1CCOC1)c1ccccc1.I. The smallest absolute Gasteiger partial charge is 0.193 e. The molecule has 0 aliphatic carbocycles.